The number of benzene rings is 1. The Balaban J connectivity index is 0.000000605. The van der Waals surface area contributed by atoms with Crippen LogP contribution in [0.15, 0.2) is 18.2 Å². The zero-order chi connectivity index (χ0) is 6.97. The molecular formula is C7H7N4. The van der Waals surface area contributed by atoms with Crippen molar-refractivity contribution in [1.29, 1.82) is 0 Å². The lowest BCUT2D eigenvalue weighted by molar-refractivity contribution is 0.958. The van der Waals surface area contributed by atoms with Gasteiger partial charge in [0, 0.05) is 6.15 Å². The van der Waals surface area contributed by atoms with Crippen molar-refractivity contribution in [2.75, 3.05) is 0 Å². The van der Waals surface area contributed by atoms with Crippen molar-refractivity contribution in [2.45, 2.75) is 6.92 Å². The van der Waals surface area contributed by atoms with Gasteiger partial charge < -0.3 is 0 Å². The second-order valence-corrected chi connectivity index (χ2v) is 2.28. The largest absolute Gasteiger partial charge is 0.258 e. The lowest BCUT2D eigenvalue weighted by atomic mass is 10.2. The third-order valence-corrected chi connectivity index (χ3v) is 1.56. The second kappa shape index (κ2) is 2.67. The number of nitrogens with one attached hydrogen (secondary N) is 1. The zero-order valence-electron chi connectivity index (χ0n) is 6.07. The summed E-state index contributed by atoms with van der Waals surface area (Å²) < 4.78 is 0. The van der Waals surface area contributed by atoms with Gasteiger partial charge in [0.2, 0.25) is 0 Å². The smallest absolute Gasteiger partial charge is 0.115 e. The minimum absolute atomic E-state index is 0. The van der Waals surface area contributed by atoms with Crippen LogP contribution in [0.25, 0.3) is 11.0 Å². The number of nitrogens with zero attached hydrogens (tertiary/aromatic N) is 3. The fraction of sp³-hybridized carbons (Fsp3) is 0.143. The standard InChI is InChI=1S/C7H7N3.N/c1-5-3-2-4-6-7(5)9-10-8-6;/h2-4H,1H3,(H,8,9,10);. The first kappa shape index (κ1) is 7.68. The molecule has 0 aliphatic heterocycles. The number of hydrogen-bond donors (Lipinski definition) is 1. The van der Waals surface area contributed by atoms with Crippen LogP contribution in [-0.4, -0.2) is 15.4 Å². The maximum Gasteiger partial charge on any atom is 0.115 e. The summed E-state index contributed by atoms with van der Waals surface area (Å²) in [4.78, 5) is 0. The second-order valence-electron chi connectivity index (χ2n) is 2.28. The van der Waals surface area contributed by atoms with Gasteiger partial charge in [-0.15, -0.1) is 5.10 Å². The van der Waals surface area contributed by atoms with Crippen molar-refractivity contribution in [2.24, 2.45) is 0 Å². The lowest BCUT2D eigenvalue weighted by Gasteiger charge is -1.88. The molecule has 0 unspecified atom stereocenters. The number of hydrogen-bond acceptors (Lipinski definition) is 2. The molecule has 1 N–H and O–H groups in total. The molecule has 4 nitrogen and oxygen atoms in total. The van der Waals surface area contributed by atoms with Gasteiger partial charge in [-0.05, 0) is 18.6 Å². The highest BCUT2D eigenvalue weighted by atomic mass is 15.3. The Morgan fingerprint density at radius 2 is 2.18 bits per heavy atom. The van der Waals surface area contributed by atoms with Crippen molar-refractivity contribution < 1.29 is 0 Å². The van der Waals surface area contributed by atoms with E-state index in [4.69, 9.17) is 0 Å². The highest BCUT2D eigenvalue weighted by molar-refractivity contribution is 5.76. The Labute approximate surface area is 64.2 Å². The van der Waals surface area contributed by atoms with E-state index < -0.39 is 0 Å². The summed E-state index contributed by atoms with van der Waals surface area (Å²) in [6, 6.07) is 5.96. The topological polar surface area (TPSA) is 72.1 Å². The number of fused-ring (bicyclic) bond motifs is 1. The summed E-state index contributed by atoms with van der Waals surface area (Å²) in [5.74, 6) is 0. The fourth-order valence-corrected chi connectivity index (χ4v) is 1.01. The van der Waals surface area contributed by atoms with Gasteiger partial charge in [-0.3, -0.25) is 5.10 Å². The Hall–Kier alpha value is -1.42. The molecule has 0 amide bonds. The minimum Gasteiger partial charge on any atom is -0.258 e. The molecule has 0 spiro atoms. The summed E-state index contributed by atoms with van der Waals surface area (Å²) in [6.45, 7) is 2.02. The summed E-state index contributed by atoms with van der Waals surface area (Å²) in [7, 11) is 0. The Morgan fingerprint density at radius 3 is 2.91 bits per heavy atom. The number of aryl methyl sites for hydroxylation is 1. The Bertz CT molecular complexity index is 352. The van der Waals surface area contributed by atoms with Crippen LogP contribution in [0, 0.1) is 6.92 Å². The van der Waals surface area contributed by atoms with Gasteiger partial charge in [-0.25, -0.2) is 0 Å². The molecule has 2 rings (SSSR count). The third kappa shape index (κ3) is 1.08. The van der Waals surface area contributed by atoms with Gasteiger partial charge in [0.05, 0.1) is 5.52 Å². The van der Waals surface area contributed by atoms with Crippen molar-refractivity contribution in [3.63, 3.8) is 0 Å². The van der Waals surface area contributed by atoms with Gasteiger partial charge in [0.1, 0.15) is 5.52 Å². The molecule has 3 radical (unpaired) electrons. The van der Waals surface area contributed by atoms with Crippen molar-refractivity contribution in [3.8, 4) is 0 Å². The van der Waals surface area contributed by atoms with Crippen LogP contribution < -0.4 is 6.15 Å². The first-order valence-electron chi connectivity index (χ1n) is 3.14. The zero-order valence-corrected chi connectivity index (χ0v) is 6.07. The predicted octanol–water partition coefficient (Wildman–Crippen LogP) is 0.786. The van der Waals surface area contributed by atoms with E-state index in [1.807, 2.05) is 25.1 Å². The molecule has 4 heteroatoms. The van der Waals surface area contributed by atoms with E-state index in [0.29, 0.717) is 0 Å². The van der Waals surface area contributed by atoms with Gasteiger partial charge in [0.15, 0.2) is 0 Å². The summed E-state index contributed by atoms with van der Waals surface area (Å²) in [5.41, 5.74) is 3.12. The molecule has 0 atom stereocenters. The van der Waals surface area contributed by atoms with Gasteiger partial charge in [-0.1, -0.05) is 17.3 Å². The van der Waals surface area contributed by atoms with Crippen LogP contribution in [0.2, 0.25) is 0 Å². The van der Waals surface area contributed by atoms with Crippen LogP contribution >= 0.6 is 0 Å². The lowest BCUT2D eigenvalue weighted by Crippen LogP contribution is -1.73. The summed E-state index contributed by atoms with van der Waals surface area (Å²) >= 11 is 0. The predicted molar refractivity (Wildman–Crippen MR) is 40.8 cm³/mol. The van der Waals surface area contributed by atoms with Crippen molar-refractivity contribution >= 4 is 11.0 Å². The molecule has 1 heterocycles. The highest BCUT2D eigenvalue weighted by Crippen LogP contribution is 2.10. The molecule has 0 fully saturated rings. The fourth-order valence-electron chi connectivity index (χ4n) is 1.01. The SMILES string of the molecule is Cc1cccc2[nH]nnc12.[N]. The number of aromatic amines is 1. The van der Waals surface area contributed by atoms with E-state index in [0.717, 1.165) is 16.6 Å². The van der Waals surface area contributed by atoms with E-state index in [-0.39, 0.29) is 6.15 Å². The van der Waals surface area contributed by atoms with E-state index in [2.05, 4.69) is 15.4 Å². The maximum atomic E-state index is 3.91. The monoisotopic (exact) mass is 147 g/mol. The van der Waals surface area contributed by atoms with E-state index >= 15 is 0 Å². The molecule has 55 valence electrons. The first-order chi connectivity index (χ1) is 4.88. The minimum atomic E-state index is 0. The van der Waals surface area contributed by atoms with Gasteiger partial charge in [0.25, 0.3) is 0 Å². The van der Waals surface area contributed by atoms with E-state index in [1.165, 1.54) is 0 Å². The molecule has 0 aliphatic rings. The van der Waals surface area contributed by atoms with Crippen LogP contribution in [-0.2, 0) is 0 Å². The van der Waals surface area contributed by atoms with Crippen molar-refractivity contribution in [3.05, 3.63) is 23.8 Å². The maximum absolute atomic E-state index is 3.91. The Kier molecular flexibility index (Phi) is 1.87. The van der Waals surface area contributed by atoms with Crippen LogP contribution in [0.3, 0.4) is 0 Å². The van der Waals surface area contributed by atoms with E-state index in [1.54, 1.807) is 0 Å². The van der Waals surface area contributed by atoms with Crippen molar-refractivity contribution in [1.82, 2.24) is 21.6 Å². The number of H-pyrrole nitrogens is 1. The first-order valence-corrected chi connectivity index (χ1v) is 3.14. The molecular weight excluding hydrogens is 140 g/mol. The van der Waals surface area contributed by atoms with Gasteiger partial charge in [-0.2, -0.15) is 0 Å². The molecule has 2 aromatic rings. The Morgan fingerprint density at radius 1 is 1.36 bits per heavy atom. The molecule has 0 saturated carbocycles. The molecule has 0 saturated heterocycles. The summed E-state index contributed by atoms with van der Waals surface area (Å²) in [6.07, 6.45) is 0. The van der Waals surface area contributed by atoms with Crippen LogP contribution in [0.4, 0.5) is 0 Å². The van der Waals surface area contributed by atoms with Crippen LogP contribution in [0.5, 0.6) is 0 Å². The molecule has 1 aromatic heterocycles. The molecule has 0 bridgehead atoms. The number of aromatic nitrogens is 3. The normalized spacial score (nSPS) is 9.55. The average Bonchev–Trinajstić information content (AvgIpc) is 2.36. The quantitative estimate of drug-likeness (QED) is 0.598. The summed E-state index contributed by atoms with van der Waals surface area (Å²) in [5, 5.41) is 10.4. The molecule has 0 aliphatic carbocycles. The van der Waals surface area contributed by atoms with Gasteiger partial charge >= 0.3 is 0 Å². The highest BCUT2D eigenvalue weighted by Gasteiger charge is 1.96. The average molecular weight is 147 g/mol. The number of rotatable bonds is 0. The molecule has 1 aromatic carbocycles. The third-order valence-electron chi connectivity index (χ3n) is 1.56. The van der Waals surface area contributed by atoms with Crippen LogP contribution in [0.1, 0.15) is 5.56 Å². The molecule has 11 heavy (non-hydrogen) atoms. The van der Waals surface area contributed by atoms with E-state index in [9.17, 15) is 0 Å².